The molecule has 0 N–H and O–H groups in total. The topological polar surface area (TPSA) is 63.2 Å². The number of hydrogen-bond acceptors (Lipinski definition) is 7. The van der Waals surface area contributed by atoms with Gasteiger partial charge in [0.25, 0.3) is 0 Å². The summed E-state index contributed by atoms with van der Waals surface area (Å²) in [6, 6.07) is 2.35. The summed E-state index contributed by atoms with van der Waals surface area (Å²) in [5.74, 6) is 0.580. The number of likely N-dealkylation sites (N-methyl/N-ethyl adjacent to an activating group) is 3. The number of piperazine rings is 1. The Morgan fingerprint density at radius 3 is 2.34 bits per heavy atom. The highest BCUT2D eigenvalue weighted by Crippen LogP contribution is 2.31. The molecule has 0 aromatic carbocycles. The number of likely N-dealkylation sites (tertiary alicyclic amines) is 2. The average molecular weight is 487 g/mol. The normalized spacial score (nSPS) is 25.7. The Kier molecular flexibility index (Phi) is 6.21. The first-order valence-electron chi connectivity index (χ1n) is 10.3. The fourth-order valence-electron chi connectivity index (χ4n) is 4.60. The van der Waals surface area contributed by atoms with Crippen LogP contribution in [0.1, 0.15) is 6.42 Å². The van der Waals surface area contributed by atoms with E-state index in [4.69, 9.17) is 0 Å². The van der Waals surface area contributed by atoms with Gasteiger partial charge in [-0.05, 0) is 49.1 Å². The van der Waals surface area contributed by atoms with Gasteiger partial charge in [0, 0.05) is 75.6 Å². The number of nitrogens with zero attached hydrogens (tertiary/aromatic N) is 6. The van der Waals surface area contributed by atoms with Crippen molar-refractivity contribution in [1.82, 2.24) is 24.0 Å². The quantitative estimate of drug-likeness (QED) is 0.603. The highest BCUT2D eigenvalue weighted by atomic mass is 79.9. The van der Waals surface area contributed by atoms with Gasteiger partial charge in [0.05, 0.1) is 0 Å². The second-order valence-electron chi connectivity index (χ2n) is 8.60. The van der Waals surface area contributed by atoms with E-state index < -0.39 is 10.0 Å². The molecule has 10 heteroatoms. The zero-order valence-electron chi connectivity index (χ0n) is 17.5. The van der Waals surface area contributed by atoms with Gasteiger partial charge in [0.1, 0.15) is 10.7 Å². The molecule has 1 unspecified atom stereocenters. The Bertz CT molecular complexity index is 839. The van der Waals surface area contributed by atoms with E-state index in [0.29, 0.717) is 21.2 Å². The second kappa shape index (κ2) is 8.39. The van der Waals surface area contributed by atoms with Gasteiger partial charge >= 0.3 is 0 Å². The van der Waals surface area contributed by atoms with Crippen LogP contribution in [0, 0.1) is 0 Å². The van der Waals surface area contributed by atoms with Crippen LogP contribution in [-0.2, 0) is 10.0 Å². The van der Waals surface area contributed by atoms with Crippen molar-refractivity contribution in [2.24, 2.45) is 0 Å². The summed E-state index contributed by atoms with van der Waals surface area (Å²) in [4.78, 5) is 14.0. The number of sulfonamides is 1. The number of hydrogen-bond donors (Lipinski definition) is 0. The molecular weight excluding hydrogens is 456 g/mol. The molecule has 8 nitrogen and oxygen atoms in total. The van der Waals surface area contributed by atoms with Crippen LogP contribution in [0.15, 0.2) is 21.6 Å². The van der Waals surface area contributed by atoms with Gasteiger partial charge in [-0.25, -0.2) is 13.4 Å². The summed E-state index contributed by atoms with van der Waals surface area (Å²) in [6.07, 6.45) is 2.56. The van der Waals surface area contributed by atoms with Crippen molar-refractivity contribution < 1.29 is 8.42 Å². The summed E-state index contributed by atoms with van der Waals surface area (Å²) >= 11 is 3.42. The van der Waals surface area contributed by atoms with E-state index in [9.17, 15) is 8.42 Å². The number of halogens is 1. The molecule has 3 aliphatic rings. The lowest BCUT2D eigenvalue weighted by molar-refractivity contribution is 0.0486. The first kappa shape index (κ1) is 21.5. The lowest BCUT2D eigenvalue weighted by atomic mass is 10.1. The third-order valence-corrected chi connectivity index (χ3v) is 8.86. The Balaban J connectivity index is 1.53. The molecule has 3 fully saturated rings. The Hall–Kier alpha value is -0.780. The molecule has 1 aromatic rings. The smallest absolute Gasteiger partial charge is 0.246 e. The monoisotopic (exact) mass is 486 g/mol. The van der Waals surface area contributed by atoms with Crippen molar-refractivity contribution in [2.75, 3.05) is 78.4 Å². The van der Waals surface area contributed by atoms with E-state index in [2.05, 4.69) is 47.6 Å². The molecule has 1 atom stereocenters. The van der Waals surface area contributed by atoms with Crippen molar-refractivity contribution in [1.29, 1.82) is 0 Å². The minimum absolute atomic E-state index is 0.00397. The van der Waals surface area contributed by atoms with Crippen molar-refractivity contribution in [3.63, 3.8) is 0 Å². The molecular formula is C19H31BrN6O2S. The third kappa shape index (κ3) is 4.33. The lowest BCUT2D eigenvalue weighted by Gasteiger charge is -2.47. The highest BCUT2D eigenvalue weighted by Gasteiger charge is 2.36. The first-order valence-corrected chi connectivity index (χ1v) is 12.5. The fraction of sp³-hybridized carbons (Fsp3) is 0.737. The molecule has 0 saturated carbocycles. The van der Waals surface area contributed by atoms with E-state index >= 15 is 0 Å². The standard InChI is InChI=1S/C19H31BrN6O2S/c1-22-5-4-16(12-22)24(3)29(27,28)18-10-15(20)11-21-19(18)26-8-6-25(7-9-26)17-13-23(2)14-17/h10-11,16-17H,4-9,12-14H2,1-3H3. The SMILES string of the molecule is CN1CC(N2CCN(c3ncc(Br)cc3S(=O)(=O)N(C)C3CCN(C)C3)CC2)C1. The van der Waals surface area contributed by atoms with Gasteiger partial charge in [-0.2, -0.15) is 4.31 Å². The highest BCUT2D eigenvalue weighted by molar-refractivity contribution is 9.10. The van der Waals surface area contributed by atoms with Crippen LogP contribution in [0.4, 0.5) is 5.82 Å². The zero-order chi connectivity index (χ0) is 20.8. The van der Waals surface area contributed by atoms with Crippen LogP contribution < -0.4 is 4.90 Å². The van der Waals surface area contributed by atoms with Gasteiger partial charge in [-0.3, -0.25) is 4.90 Å². The van der Waals surface area contributed by atoms with Crippen LogP contribution in [0.2, 0.25) is 0 Å². The molecule has 4 heterocycles. The van der Waals surface area contributed by atoms with Gasteiger partial charge in [0.15, 0.2) is 0 Å². The Morgan fingerprint density at radius 1 is 1.07 bits per heavy atom. The van der Waals surface area contributed by atoms with Gasteiger partial charge < -0.3 is 14.7 Å². The molecule has 4 rings (SSSR count). The molecule has 0 aliphatic carbocycles. The predicted octanol–water partition coefficient (Wildman–Crippen LogP) is 0.605. The molecule has 1 aromatic heterocycles. The molecule has 0 amide bonds. The molecule has 3 aliphatic heterocycles. The summed E-state index contributed by atoms with van der Waals surface area (Å²) in [6.45, 7) is 7.42. The van der Waals surface area contributed by atoms with E-state index in [1.807, 2.05) is 7.05 Å². The Labute approximate surface area is 182 Å². The molecule has 162 valence electrons. The Morgan fingerprint density at radius 2 is 1.76 bits per heavy atom. The van der Waals surface area contributed by atoms with Crippen molar-refractivity contribution in [2.45, 2.75) is 23.4 Å². The molecule has 0 bridgehead atoms. The molecule has 0 radical (unpaired) electrons. The minimum atomic E-state index is -3.63. The zero-order valence-corrected chi connectivity index (χ0v) is 19.9. The van der Waals surface area contributed by atoms with Crippen LogP contribution in [0.5, 0.6) is 0 Å². The summed E-state index contributed by atoms with van der Waals surface area (Å²) in [7, 11) is 2.26. The number of pyridine rings is 1. The first-order chi connectivity index (χ1) is 13.8. The third-order valence-electron chi connectivity index (χ3n) is 6.51. The van der Waals surface area contributed by atoms with E-state index in [0.717, 1.165) is 58.8 Å². The maximum atomic E-state index is 13.5. The largest absolute Gasteiger partial charge is 0.353 e. The summed E-state index contributed by atoms with van der Waals surface area (Å²) < 4.78 is 29.3. The molecule has 3 saturated heterocycles. The minimum Gasteiger partial charge on any atom is -0.353 e. The van der Waals surface area contributed by atoms with Gasteiger partial charge in [0.2, 0.25) is 10.0 Å². The van der Waals surface area contributed by atoms with E-state index in [1.54, 1.807) is 23.6 Å². The van der Waals surface area contributed by atoms with E-state index in [1.165, 1.54) is 0 Å². The lowest BCUT2D eigenvalue weighted by Crippen LogP contribution is -2.62. The van der Waals surface area contributed by atoms with Crippen molar-refractivity contribution in [3.05, 3.63) is 16.7 Å². The van der Waals surface area contributed by atoms with Gasteiger partial charge in [-0.1, -0.05) is 0 Å². The van der Waals surface area contributed by atoms with Crippen LogP contribution >= 0.6 is 15.9 Å². The molecule has 29 heavy (non-hydrogen) atoms. The number of aromatic nitrogens is 1. The maximum Gasteiger partial charge on any atom is 0.246 e. The van der Waals surface area contributed by atoms with Crippen LogP contribution in [-0.4, -0.2) is 118 Å². The number of anilines is 1. The summed E-state index contributed by atoms with van der Waals surface area (Å²) in [5, 5.41) is 0. The van der Waals surface area contributed by atoms with Gasteiger partial charge in [-0.15, -0.1) is 0 Å². The summed E-state index contributed by atoms with van der Waals surface area (Å²) in [5.41, 5.74) is 0. The average Bonchev–Trinajstić information content (AvgIpc) is 3.11. The predicted molar refractivity (Wildman–Crippen MR) is 118 cm³/mol. The van der Waals surface area contributed by atoms with Crippen molar-refractivity contribution >= 4 is 31.8 Å². The number of rotatable bonds is 5. The van der Waals surface area contributed by atoms with E-state index in [-0.39, 0.29) is 6.04 Å². The van der Waals surface area contributed by atoms with Crippen LogP contribution in [0.3, 0.4) is 0 Å². The fourth-order valence-corrected chi connectivity index (χ4v) is 6.64. The van der Waals surface area contributed by atoms with Crippen LogP contribution in [0.25, 0.3) is 0 Å². The molecule has 0 spiro atoms. The van der Waals surface area contributed by atoms with Crippen molar-refractivity contribution in [3.8, 4) is 0 Å². The maximum absolute atomic E-state index is 13.5. The second-order valence-corrected chi connectivity index (χ2v) is 11.5.